The zero-order chi connectivity index (χ0) is 12.6. The molecule has 0 aliphatic rings. The van der Waals surface area contributed by atoms with E-state index in [0.29, 0.717) is 0 Å². The molecule has 0 N–H and O–H groups in total. The monoisotopic (exact) mass is 384 g/mol. The first-order valence-corrected chi connectivity index (χ1v) is 7.11. The van der Waals surface area contributed by atoms with Gasteiger partial charge in [0.05, 0.1) is 4.83 Å². The Morgan fingerprint density at radius 2 is 1.76 bits per heavy atom. The van der Waals surface area contributed by atoms with Crippen molar-refractivity contribution < 1.29 is 13.2 Å². The Morgan fingerprint density at radius 1 is 1.06 bits per heavy atom. The summed E-state index contributed by atoms with van der Waals surface area (Å²) in [5.74, 6) is -3.79. The fraction of sp³-hybridized carbons (Fsp3) is 0.0909. The molecular formula is C11H5Br2F3S. The van der Waals surface area contributed by atoms with E-state index < -0.39 is 22.3 Å². The molecule has 2 rings (SSSR count). The van der Waals surface area contributed by atoms with Gasteiger partial charge in [-0.3, -0.25) is 0 Å². The zero-order valence-electron chi connectivity index (χ0n) is 8.18. The standard InChI is InChI=1S/C11H5Br2F3S/c12-6-3-4-17-11(6)8(13)5-1-2-7(14)10(16)9(5)15/h1-4,8H. The van der Waals surface area contributed by atoms with Gasteiger partial charge in [-0.15, -0.1) is 11.3 Å². The summed E-state index contributed by atoms with van der Waals surface area (Å²) in [5, 5.41) is 1.82. The summed E-state index contributed by atoms with van der Waals surface area (Å²) in [6.45, 7) is 0. The van der Waals surface area contributed by atoms with Crippen molar-refractivity contribution in [3.05, 3.63) is 55.9 Å². The highest BCUT2D eigenvalue weighted by Crippen LogP contribution is 2.40. The van der Waals surface area contributed by atoms with Gasteiger partial charge in [0.25, 0.3) is 0 Å². The maximum Gasteiger partial charge on any atom is 0.194 e. The Morgan fingerprint density at radius 3 is 2.35 bits per heavy atom. The van der Waals surface area contributed by atoms with Gasteiger partial charge >= 0.3 is 0 Å². The average molecular weight is 386 g/mol. The summed E-state index contributed by atoms with van der Waals surface area (Å²) in [6, 6.07) is 3.97. The molecule has 1 atom stereocenters. The molecule has 0 saturated heterocycles. The highest BCUT2D eigenvalue weighted by Gasteiger charge is 2.22. The Kier molecular flexibility index (Phi) is 3.95. The second-order valence-corrected chi connectivity index (χ2v) is 5.98. The quantitative estimate of drug-likeness (QED) is 0.478. The molecule has 0 radical (unpaired) electrons. The predicted octanol–water partition coefficient (Wildman–Crippen LogP) is 5.41. The minimum atomic E-state index is -1.44. The number of alkyl halides is 1. The number of rotatable bonds is 2. The van der Waals surface area contributed by atoms with Crippen LogP contribution in [0.4, 0.5) is 13.2 Å². The second kappa shape index (κ2) is 5.12. The van der Waals surface area contributed by atoms with E-state index >= 15 is 0 Å². The molecule has 2 aromatic rings. The van der Waals surface area contributed by atoms with E-state index in [2.05, 4.69) is 31.9 Å². The van der Waals surface area contributed by atoms with Crippen molar-refractivity contribution >= 4 is 43.2 Å². The number of benzene rings is 1. The van der Waals surface area contributed by atoms with E-state index in [1.807, 2.05) is 11.4 Å². The van der Waals surface area contributed by atoms with Crippen LogP contribution in [0.5, 0.6) is 0 Å². The molecule has 0 nitrogen and oxygen atoms in total. The van der Waals surface area contributed by atoms with Gasteiger partial charge in [0.1, 0.15) is 0 Å². The molecule has 0 aliphatic heterocycles. The van der Waals surface area contributed by atoms with Gasteiger partial charge in [0.2, 0.25) is 0 Å². The number of hydrogen-bond acceptors (Lipinski definition) is 1. The van der Waals surface area contributed by atoms with Gasteiger partial charge in [-0.1, -0.05) is 22.0 Å². The van der Waals surface area contributed by atoms with Gasteiger partial charge in [0, 0.05) is 14.9 Å². The topological polar surface area (TPSA) is 0 Å². The predicted molar refractivity (Wildman–Crippen MR) is 69.1 cm³/mol. The largest absolute Gasteiger partial charge is 0.204 e. The number of thiophene rings is 1. The third-order valence-corrected chi connectivity index (χ3v) is 5.40. The maximum atomic E-state index is 13.6. The molecule has 0 amide bonds. The molecule has 1 heterocycles. The average Bonchev–Trinajstić information content (AvgIpc) is 2.72. The van der Waals surface area contributed by atoms with Crippen LogP contribution < -0.4 is 0 Å². The Balaban J connectivity index is 2.48. The lowest BCUT2D eigenvalue weighted by atomic mass is 10.1. The lowest BCUT2D eigenvalue weighted by molar-refractivity contribution is 0.442. The normalized spacial score (nSPS) is 12.8. The fourth-order valence-electron chi connectivity index (χ4n) is 1.36. The van der Waals surface area contributed by atoms with Crippen molar-refractivity contribution in [3.63, 3.8) is 0 Å². The minimum absolute atomic E-state index is 0.0760. The molecular weight excluding hydrogens is 381 g/mol. The fourth-order valence-corrected chi connectivity index (χ4v) is 4.19. The highest BCUT2D eigenvalue weighted by molar-refractivity contribution is 9.11. The second-order valence-electron chi connectivity index (χ2n) is 3.26. The van der Waals surface area contributed by atoms with Crippen LogP contribution in [0.15, 0.2) is 28.1 Å². The van der Waals surface area contributed by atoms with Crippen LogP contribution in [0.25, 0.3) is 0 Å². The SMILES string of the molecule is Fc1ccc(C(Br)c2sccc2Br)c(F)c1F. The van der Waals surface area contributed by atoms with Crippen molar-refractivity contribution in [1.29, 1.82) is 0 Å². The van der Waals surface area contributed by atoms with E-state index in [1.165, 1.54) is 17.4 Å². The molecule has 1 aromatic carbocycles. The third-order valence-electron chi connectivity index (χ3n) is 2.21. The van der Waals surface area contributed by atoms with E-state index in [4.69, 9.17) is 0 Å². The Bertz CT molecular complexity index is 554. The molecule has 6 heteroatoms. The smallest absolute Gasteiger partial charge is 0.194 e. The minimum Gasteiger partial charge on any atom is -0.204 e. The van der Waals surface area contributed by atoms with Gasteiger partial charge in [0.15, 0.2) is 17.5 Å². The maximum absolute atomic E-state index is 13.6. The van der Waals surface area contributed by atoms with Crippen molar-refractivity contribution in [2.45, 2.75) is 4.83 Å². The van der Waals surface area contributed by atoms with Gasteiger partial charge < -0.3 is 0 Å². The first kappa shape index (κ1) is 13.1. The first-order valence-electron chi connectivity index (χ1n) is 4.52. The molecule has 0 bridgehead atoms. The van der Waals surface area contributed by atoms with Gasteiger partial charge in [-0.25, -0.2) is 13.2 Å². The lowest BCUT2D eigenvalue weighted by Crippen LogP contribution is -2.00. The summed E-state index contributed by atoms with van der Waals surface area (Å²) >= 11 is 7.99. The van der Waals surface area contributed by atoms with E-state index in [9.17, 15) is 13.2 Å². The van der Waals surface area contributed by atoms with Crippen molar-refractivity contribution in [2.75, 3.05) is 0 Å². The summed E-state index contributed by atoms with van der Waals surface area (Å²) < 4.78 is 40.3. The third kappa shape index (κ3) is 2.44. The number of halogens is 5. The summed E-state index contributed by atoms with van der Waals surface area (Å²) in [6.07, 6.45) is 0. The van der Waals surface area contributed by atoms with Crippen LogP contribution >= 0.6 is 43.2 Å². The van der Waals surface area contributed by atoms with Crippen LogP contribution in [0.2, 0.25) is 0 Å². The van der Waals surface area contributed by atoms with Crippen molar-refractivity contribution in [3.8, 4) is 0 Å². The van der Waals surface area contributed by atoms with Crippen LogP contribution in [0, 0.1) is 17.5 Å². The van der Waals surface area contributed by atoms with Crippen LogP contribution in [-0.2, 0) is 0 Å². The zero-order valence-corrected chi connectivity index (χ0v) is 12.2. The van der Waals surface area contributed by atoms with Crippen LogP contribution in [0.1, 0.15) is 15.3 Å². The summed E-state index contributed by atoms with van der Waals surface area (Å²) in [5.41, 5.74) is 0.0760. The molecule has 0 spiro atoms. The van der Waals surface area contributed by atoms with E-state index in [-0.39, 0.29) is 5.56 Å². The Hall–Kier alpha value is -0.330. The number of hydrogen-bond donors (Lipinski definition) is 0. The first-order chi connectivity index (χ1) is 8.02. The van der Waals surface area contributed by atoms with Crippen LogP contribution in [0.3, 0.4) is 0 Å². The molecule has 0 fully saturated rings. The molecule has 17 heavy (non-hydrogen) atoms. The molecule has 0 aliphatic carbocycles. The van der Waals surface area contributed by atoms with Gasteiger partial charge in [-0.2, -0.15) is 0 Å². The highest BCUT2D eigenvalue weighted by atomic mass is 79.9. The van der Waals surface area contributed by atoms with E-state index in [0.717, 1.165) is 15.4 Å². The van der Waals surface area contributed by atoms with Gasteiger partial charge in [-0.05, 0) is 33.4 Å². The molecule has 1 aromatic heterocycles. The van der Waals surface area contributed by atoms with Crippen molar-refractivity contribution in [1.82, 2.24) is 0 Å². The summed E-state index contributed by atoms with van der Waals surface area (Å²) in [7, 11) is 0. The van der Waals surface area contributed by atoms with Crippen molar-refractivity contribution in [2.24, 2.45) is 0 Å². The van der Waals surface area contributed by atoms with E-state index in [1.54, 1.807) is 0 Å². The Labute approximate surface area is 117 Å². The molecule has 0 saturated carbocycles. The summed E-state index contributed by atoms with van der Waals surface area (Å²) in [4.78, 5) is 0.293. The lowest BCUT2D eigenvalue weighted by Gasteiger charge is -2.11. The van der Waals surface area contributed by atoms with Crippen LogP contribution in [-0.4, -0.2) is 0 Å². The molecule has 1 unspecified atom stereocenters. The molecule has 90 valence electrons.